The first-order valence-electron chi connectivity index (χ1n) is 5.51. The molecule has 0 aromatic heterocycles. The van der Waals surface area contributed by atoms with E-state index in [4.69, 9.17) is 10.9 Å². The molecule has 1 aliphatic rings. The van der Waals surface area contributed by atoms with E-state index in [2.05, 4.69) is 10.5 Å². The average Bonchev–Trinajstić information content (AvgIpc) is 2.79. The van der Waals surface area contributed by atoms with E-state index in [1.165, 1.54) is 11.1 Å². The van der Waals surface area contributed by atoms with Crippen LogP contribution in [0.15, 0.2) is 29.4 Å². The van der Waals surface area contributed by atoms with Gasteiger partial charge in [-0.2, -0.15) is 0 Å². The number of nitrogens with two attached hydrogens (primary N) is 1. The Labute approximate surface area is 99.3 Å². The number of amides is 1. The molecule has 0 heterocycles. The van der Waals surface area contributed by atoms with Crippen LogP contribution in [0, 0.1) is 5.92 Å². The molecular weight excluding hydrogens is 218 g/mol. The molecule has 4 N–H and O–H groups in total. The molecule has 1 aromatic rings. The molecule has 0 aliphatic heterocycles. The minimum absolute atomic E-state index is 0.00820. The van der Waals surface area contributed by atoms with Gasteiger partial charge in [-0.05, 0) is 24.0 Å². The third kappa shape index (κ3) is 2.55. The first kappa shape index (κ1) is 11.4. The number of hydrogen-bond donors (Lipinski definition) is 3. The highest BCUT2D eigenvalue weighted by Crippen LogP contribution is 2.26. The molecule has 5 nitrogen and oxygen atoms in total. The number of rotatable bonds is 3. The minimum Gasteiger partial charge on any atom is -0.409 e. The smallest absolute Gasteiger partial charge is 0.224 e. The molecule has 0 saturated carbocycles. The van der Waals surface area contributed by atoms with Gasteiger partial charge in [0.15, 0.2) is 5.84 Å². The maximum Gasteiger partial charge on any atom is 0.224 e. The van der Waals surface area contributed by atoms with Crippen molar-refractivity contribution in [2.45, 2.75) is 12.8 Å². The van der Waals surface area contributed by atoms with Gasteiger partial charge in [-0.3, -0.25) is 4.79 Å². The molecule has 1 aromatic carbocycles. The fraction of sp³-hybridized carbons (Fsp3) is 0.333. The van der Waals surface area contributed by atoms with Crippen LogP contribution in [-0.4, -0.2) is 23.5 Å². The number of benzene rings is 1. The predicted molar refractivity (Wildman–Crippen MR) is 63.8 cm³/mol. The lowest BCUT2D eigenvalue weighted by molar-refractivity contribution is -0.124. The zero-order valence-electron chi connectivity index (χ0n) is 9.39. The number of amidine groups is 1. The Hall–Kier alpha value is -2.04. The van der Waals surface area contributed by atoms with Crippen molar-refractivity contribution in [3.05, 3.63) is 35.4 Å². The Bertz CT molecular complexity index is 432. The quantitative estimate of drug-likeness (QED) is 0.303. The summed E-state index contributed by atoms with van der Waals surface area (Å²) in [4.78, 5) is 11.8. The van der Waals surface area contributed by atoms with Crippen LogP contribution in [0.2, 0.25) is 0 Å². The summed E-state index contributed by atoms with van der Waals surface area (Å²) in [5.74, 6) is -0.0828. The van der Waals surface area contributed by atoms with Crippen molar-refractivity contribution < 1.29 is 10.0 Å². The van der Waals surface area contributed by atoms with Crippen LogP contribution in [0.3, 0.4) is 0 Å². The molecule has 2 rings (SSSR count). The molecule has 0 radical (unpaired) electrons. The summed E-state index contributed by atoms with van der Waals surface area (Å²) < 4.78 is 0. The Morgan fingerprint density at radius 2 is 2.00 bits per heavy atom. The van der Waals surface area contributed by atoms with Crippen molar-refractivity contribution in [3.63, 3.8) is 0 Å². The van der Waals surface area contributed by atoms with Gasteiger partial charge in [-0.1, -0.05) is 29.4 Å². The molecule has 1 amide bonds. The van der Waals surface area contributed by atoms with Crippen LogP contribution in [0.1, 0.15) is 11.1 Å². The maximum atomic E-state index is 11.8. The summed E-state index contributed by atoms with van der Waals surface area (Å²) >= 11 is 0. The number of hydrogen-bond acceptors (Lipinski definition) is 3. The van der Waals surface area contributed by atoms with E-state index in [0.717, 1.165) is 12.8 Å². The Kier molecular flexibility index (Phi) is 3.27. The molecule has 1 aliphatic carbocycles. The molecule has 5 heteroatoms. The highest BCUT2D eigenvalue weighted by molar-refractivity contribution is 5.88. The fourth-order valence-corrected chi connectivity index (χ4v) is 2.10. The van der Waals surface area contributed by atoms with Gasteiger partial charge >= 0.3 is 0 Å². The van der Waals surface area contributed by atoms with Gasteiger partial charge in [-0.25, -0.2) is 0 Å². The molecule has 0 fully saturated rings. The van der Waals surface area contributed by atoms with Crippen molar-refractivity contribution in [3.8, 4) is 0 Å². The monoisotopic (exact) mass is 233 g/mol. The number of oxime groups is 1. The molecule has 0 spiro atoms. The van der Waals surface area contributed by atoms with Gasteiger partial charge in [-0.15, -0.1) is 0 Å². The van der Waals surface area contributed by atoms with E-state index >= 15 is 0 Å². The molecule has 17 heavy (non-hydrogen) atoms. The molecule has 90 valence electrons. The third-order valence-electron chi connectivity index (χ3n) is 2.99. The fourth-order valence-electron chi connectivity index (χ4n) is 2.10. The van der Waals surface area contributed by atoms with E-state index in [1.807, 2.05) is 24.3 Å². The van der Waals surface area contributed by atoms with E-state index < -0.39 is 0 Å². The number of carbonyl (C=O) groups is 1. The highest BCUT2D eigenvalue weighted by atomic mass is 16.4. The summed E-state index contributed by atoms with van der Waals surface area (Å²) in [7, 11) is 0. The first-order valence-corrected chi connectivity index (χ1v) is 5.51. The number of nitrogens with zero attached hydrogens (tertiary/aromatic N) is 1. The van der Waals surface area contributed by atoms with Crippen molar-refractivity contribution in [2.75, 3.05) is 6.54 Å². The molecule has 0 unspecified atom stereocenters. The lowest BCUT2D eigenvalue weighted by Crippen LogP contribution is -2.37. The normalized spacial score (nSPS) is 15.6. The van der Waals surface area contributed by atoms with Gasteiger partial charge in [0, 0.05) is 5.92 Å². The first-order chi connectivity index (χ1) is 8.20. The summed E-state index contributed by atoms with van der Waals surface area (Å²) in [6.07, 6.45) is 1.52. The number of nitrogens with one attached hydrogen (secondary N) is 1. The van der Waals surface area contributed by atoms with Crippen LogP contribution >= 0.6 is 0 Å². The lowest BCUT2D eigenvalue weighted by atomic mass is 10.1. The van der Waals surface area contributed by atoms with Crippen LogP contribution in [0.4, 0.5) is 0 Å². The van der Waals surface area contributed by atoms with E-state index in [1.54, 1.807) is 0 Å². The van der Waals surface area contributed by atoms with Crippen LogP contribution in [-0.2, 0) is 17.6 Å². The molecule has 0 saturated heterocycles. The van der Waals surface area contributed by atoms with Gasteiger partial charge < -0.3 is 16.3 Å². The second kappa shape index (κ2) is 4.86. The Morgan fingerprint density at radius 3 is 2.53 bits per heavy atom. The second-order valence-corrected chi connectivity index (χ2v) is 4.18. The molecular formula is C12H15N3O2. The van der Waals surface area contributed by atoms with Gasteiger partial charge in [0.25, 0.3) is 0 Å². The van der Waals surface area contributed by atoms with E-state index in [0.29, 0.717) is 0 Å². The Morgan fingerprint density at radius 1 is 1.41 bits per heavy atom. The Balaban J connectivity index is 1.92. The summed E-state index contributed by atoms with van der Waals surface area (Å²) in [6.45, 7) is 0.0855. The average molecular weight is 233 g/mol. The zero-order valence-corrected chi connectivity index (χ0v) is 9.39. The number of carbonyl (C=O) groups excluding carboxylic acids is 1. The standard InChI is InChI=1S/C12H15N3O2/c13-11(15-17)7-14-12(16)10-5-8-3-1-2-4-9(8)6-10/h1-4,10,17H,5-7H2,(H2,13,15)(H,14,16). The lowest BCUT2D eigenvalue weighted by Gasteiger charge is -2.09. The second-order valence-electron chi connectivity index (χ2n) is 4.18. The van der Waals surface area contributed by atoms with Crippen molar-refractivity contribution >= 4 is 11.7 Å². The van der Waals surface area contributed by atoms with Crippen LogP contribution in [0.5, 0.6) is 0 Å². The maximum absolute atomic E-state index is 11.8. The third-order valence-corrected chi connectivity index (χ3v) is 2.99. The van der Waals surface area contributed by atoms with Crippen molar-refractivity contribution in [2.24, 2.45) is 16.8 Å². The summed E-state index contributed by atoms with van der Waals surface area (Å²) in [5, 5.41) is 13.8. The summed E-state index contributed by atoms with van der Waals surface area (Å²) in [5.41, 5.74) is 7.76. The SMILES string of the molecule is N/C(CNC(=O)C1Cc2ccccc2C1)=N/O. The molecule has 0 bridgehead atoms. The topological polar surface area (TPSA) is 87.7 Å². The van der Waals surface area contributed by atoms with Gasteiger partial charge in [0.05, 0.1) is 6.54 Å². The summed E-state index contributed by atoms with van der Waals surface area (Å²) in [6, 6.07) is 8.06. The largest absolute Gasteiger partial charge is 0.409 e. The van der Waals surface area contributed by atoms with Crippen molar-refractivity contribution in [1.29, 1.82) is 0 Å². The van der Waals surface area contributed by atoms with E-state index in [-0.39, 0.29) is 24.2 Å². The van der Waals surface area contributed by atoms with Gasteiger partial charge in [0.1, 0.15) is 0 Å². The molecule has 0 atom stereocenters. The zero-order chi connectivity index (χ0) is 12.3. The van der Waals surface area contributed by atoms with Crippen molar-refractivity contribution in [1.82, 2.24) is 5.32 Å². The van der Waals surface area contributed by atoms with Gasteiger partial charge in [0.2, 0.25) is 5.91 Å². The van der Waals surface area contributed by atoms with Crippen LogP contribution < -0.4 is 11.1 Å². The number of fused-ring (bicyclic) bond motifs is 1. The minimum atomic E-state index is -0.0483. The van der Waals surface area contributed by atoms with E-state index in [9.17, 15) is 4.79 Å². The highest BCUT2D eigenvalue weighted by Gasteiger charge is 2.26. The predicted octanol–water partition coefficient (Wildman–Crippen LogP) is 0.264. The van der Waals surface area contributed by atoms with Crippen LogP contribution in [0.25, 0.3) is 0 Å².